The number of carbonyl (C=O) groups excluding carboxylic acids is 1. The first-order valence-corrected chi connectivity index (χ1v) is 9.03. The van der Waals surface area contributed by atoms with E-state index in [2.05, 4.69) is 35.3 Å². The van der Waals surface area contributed by atoms with E-state index in [1.165, 1.54) is 0 Å². The molecular weight excluding hydrogens is 360 g/mol. The number of aryl methyl sites for hydroxylation is 1. The van der Waals surface area contributed by atoms with Gasteiger partial charge in [-0.1, -0.05) is 0 Å². The number of hydrogen-bond acceptors (Lipinski definition) is 8. The molecule has 0 bridgehead atoms. The molecule has 144 valence electrons. The van der Waals surface area contributed by atoms with Crippen LogP contribution < -0.4 is 15.0 Å². The van der Waals surface area contributed by atoms with Crippen molar-refractivity contribution in [1.29, 1.82) is 0 Å². The lowest BCUT2D eigenvalue weighted by molar-refractivity contribution is -0.118. The van der Waals surface area contributed by atoms with Crippen LogP contribution >= 0.6 is 0 Å². The molecule has 0 spiro atoms. The Kier molecular flexibility index (Phi) is 5.09. The minimum Gasteiger partial charge on any atom is -0.467 e. The van der Waals surface area contributed by atoms with E-state index in [4.69, 9.17) is 4.74 Å². The molecule has 4 rings (SSSR count). The first-order valence-electron chi connectivity index (χ1n) is 9.03. The molecule has 1 saturated heterocycles. The quantitative estimate of drug-likeness (QED) is 0.683. The van der Waals surface area contributed by atoms with Crippen LogP contribution in [0.2, 0.25) is 0 Å². The van der Waals surface area contributed by atoms with E-state index in [1.807, 2.05) is 0 Å². The zero-order chi connectivity index (χ0) is 19.3. The van der Waals surface area contributed by atoms with E-state index < -0.39 is 0 Å². The van der Waals surface area contributed by atoms with Crippen LogP contribution in [0, 0.1) is 6.92 Å². The van der Waals surface area contributed by atoms with E-state index in [0.29, 0.717) is 29.2 Å². The molecule has 10 nitrogen and oxygen atoms in total. The Morgan fingerprint density at radius 1 is 1.21 bits per heavy atom. The third-order valence-corrected chi connectivity index (χ3v) is 4.20. The van der Waals surface area contributed by atoms with Crippen LogP contribution in [0.5, 0.6) is 5.88 Å². The summed E-state index contributed by atoms with van der Waals surface area (Å²) in [6, 6.07) is 3.42. The molecule has 1 amide bonds. The summed E-state index contributed by atoms with van der Waals surface area (Å²) >= 11 is 0. The van der Waals surface area contributed by atoms with Crippen molar-refractivity contribution in [3.63, 3.8) is 0 Å². The first kappa shape index (κ1) is 17.8. The average Bonchev–Trinajstić information content (AvgIpc) is 3.40. The van der Waals surface area contributed by atoms with Crippen LogP contribution in [0.3, 0.4) is 0 Å². The van der Waals surface area contributed by atoms with Crippen LogP contribution in [0.15, 0.2) is 36.9 Å². The Morgan fingerprint density at radius 2 is 2.00 bits per heavy atom. The Hall–Kier alpha value is -3.56. The van der Waals surface area contributed by atoms with Gasteiger partial charge in [0.2, 0.25) is 11.8 Å². The number of ether oxygens (including phenoxy) is 1. The zero-order valence-electron chi connectivity index (χ0n) is 15.4. The molecular formula is C18H20N8O2. The van der Waals surface area contributed by atoms with Crippen molar-refractivity contribution in [2.45, 2.75) is 19.8 Å². The highest BCUT2D eigenvalue weighted by molar-refractivity contribution is 5.91. The van der Waals surface area contributed by atoms with Gasteiger partial charge in [-0.2, -0.15) is 10.1 Å². The zero-order valence-corrected chi connectivity index (χ0v) is 15.4. The van der Waals surface area contributed by atoms with Crippen molar-refractivity contribution >= 4 is 17.5 Å². The normalized spacial score (nSPS) is 13.5. The Labute approximate surface area is 161 Å². The van der Waals surface area contributed by atoms with Gasteiger partial charge in [-0.3, -0.25) is 4.79 Å². The lowest BCUT2D eigenvalue weighted by atomic mass is 10.4. The molecule has 0 aliphatic carbocycles. The maximum Gasteiger partial charge on any atom is 0.262 e. The molecule has 1 N–H and O–H groups in total. The summed E-state index contributed by atoms with van der Waals surface area (Å²) in [5, 5.41) is 6.85. The highest BCUT2D eigenvalue weighted by Gasteiger charge is 2.15. The molecule has 0 saturated carbocycles. The van der Waals surface area contributed by atoms with Gasteiger partial charge in [0.25, 0.3) is 5.91 Å². The van der Waals surface area contributed by atoms with Crippen LogP contribution in [-0.4, -0.2) is 55.3 Å². The monoisotopic (exact) mass is 380 g/mol. The first-order chi connectivity index (χ1) is 13.7. The van der Waals surface area contributed by atoms with Gasteiger partial charge >= 0.3 is 0 Å². The molecule has 1 fully saturated rings. The summed E-state index contributed by atoms with van der Waals surface area (Å²) in [6.45, 7) is 3.50. The number of nitrogens with one attached hydrogen (secondary N) is 1. The number of rotatable bonds is 6. The van der Waals surface area contributed by atoms with Crippen LogP contribution in [0.1, 0.15) is 18.7 Å². The third-order valence-electron chi connectivity index (χ3n) is 4.20. The second kappa shape index (κ2) is 7.99. The van der Waals surface area contributed by atoms with Crippen molar-refractivity contribution in [2.75, 3.05) is 29.9 Å². The van der Waals surface area contributed by atoms with Gasteiger partial charge in [0.15, 0.2) is 12.4 Å². The second-order valence-electron chi connectivity index (χ2n) is 6.36. The third kappa shape index (κ3) is 4.22. The lowest BCUT2D eigenvalue weighted by Gasteiger charge is -2.14. The topological polar surface area (TPSA) is 111 Å². The number of nitrogens with zero attached hydrogens (tertiary/aromatic N) is 7. The van der Waals surface area contributed by atoms with Crippen LogP contribution in [0.4, 0.5) is 11.6 Å². The molecule has 28 heavy (non-hydrogen) atoms. The minimum atomic E-state index is -0.325. The fourth-order valence-electron chi connectivity index (χ4n) is 2.92. The summed E-state index contributed by atoms with van der Waals surface area (Å²) in [5.74, 6) is 1.76. The van der Waals surface area contributed by atoms with Crippen molar-refractivity contribution in [3.05, 3.63) is 42.7 Å². The van der Waals surface area contributed by atoms with Gasteiger partial charge in [0.05, 0.1) is 18.1 Å². The predicted octanol–water partition coefficient (Wildman–Crippen LogP) is 1.38. The van der Waals surface area contributed by atoms with Crippen LogP contribution in [-0.2, 0) is 4.79 Å². The maximum atomic E-state index is 12.2. The summed E-state index contributed by atoms with van der Waals surface area (Å²) in [4.78, 5) is 31.4. The fourth-order valence-corrected chi connectivity index (χ4v) is 2.92. The number of hydrogen-bond donors (Lipinski definition) is 1. The van der Waals surface area contributed by atoms with E-state index in [9.17, 15) is 4.79 Å². The summed E-state index contributed by atoms with van der Waals surface area (Å²) < 4.78 is 7.11. The van der Waals surface area contributed by atoms with E-state index in [1.54, 1.807) is 48.5 Å². The van der Waals surface area contributed by atoms with Crippen molar-refractivity contribution < 1.29 is 9.53 Å². The molecule has 1 aliphatic heterocycles. The van der Waals surface area contributed by atoms with Gasteiger partial charge in [-0.05, 0) is 25.8 Å². The lowest BCUT2D eigenvalue weighted by Crippen LogP contribution is -2.22. The predicted molar refractivity (Wildman–Crippen MR) is 101 cm³/mol. The molecule has 0 aromatic carbocycles. The van der Waals surface area contributed by atoms with E-state index in [0.717, 1.165) is 25.9 Å². The van der Waals surface area contributed by atoms with Crippen molar-refractivity contribution in [3.8, 4) is 11.7 Å². The minimum absolute atomic E-state index is 0.192. The number of anilines is 2. The number of carbonyl (C=O) groups is 1. The second-order valence-corrected chi connectivity index (χ2v) is 6.36. The van der Waals surface area contributed by atoms with Crippen molar-refractivity contribution in [2.24, 2.45) is 0 Å². The molecule has 0 radical (unpaired) electrons. The fraction of sp³-hybridized carbons (Fsp3) is 0.333. The SMILES string of the molecule is Cc1nc(OCC(=O)Nc2cnc(N3CCCC3)nc2)cc(-n2cccn2)n1. The maximum absolute atomic E-state index is 12.2. The Bertz CT molecular complexity index is 937. The average molecular weight is 380 g/mol. The van der Waals surface area contributed by atoms with E-state index in [-0.39, 0.29) is 12.5 Å². The smallest absolute Gasteiger partial charge is 0.262 e. The van der Waals surface area contributed by atoms with Gasteiger partial charge < -0.3 is 15.0 Å². The van der Waals surface area contributed by atoms with Gasteiger partial charge in [0.1, 0.15) is 5.82 Å². The van der Waals surface area contributed by atoms with Gasteiger partial charge in [-0.15, -0.1) is 0 Å². The molecule has 4 heterocycles. The summed E-state index contributed by atoms with van der Waals surface area (Å²) in [5.41, 5.74) is 0.521. The molecule has 3 aromatic heterocycles. The molecule has 10 heteroatoms. The molecule has 1 aliphatic rings. The Balaban J connectivity index is 1.34. The molecule has 0 unspecified atom stereocenters. The van der Waals surface area contributed by atoms with Gasteiger partial charge in [0, 0.05) is 31.5 Å². The molecule has 0 atom stereocenters. The highest BCUT2D eigenvalue weighted by Crippen LogP contribution is 2.16. The van der Waals surface area contributed by atoms with Crippen LogP contribution in [0.25, 0.3) is 5.82 Å². The van der Waals surface area contributed by atoms with Crippen molar-refractivity contribution in [1.82, 2.24) is 29.7 Å². The highest BCUT2D eigenvalue weighted by atomic mass is 16.5. The Morgan fingerprint density at radius 3 is 2.71 bits per heavy atom. The summed E-state index contributed by atoms with van der Waals surface area (Å²) in [7, 11) is 0. The number of aromatic nitrogens is 6. The van der Waals surface area contributed by atoms with Gasteiger partial charge in [-0.25, -0.2) is 19.6 Å². The standard InChI is InChI=1S/C18H20N8O2/c1-13-22-15(26-8-4-5-21-26)9-17(23-13)28-12-16(27)24-14-10-19-18(20-11-14)25-6-2-3-7-25/h4-5,8-11H,2-3,6-7,12H2,1H3,(H,24,27). The number of amides is 1. The summed E-state index contributed by atoms with van der Waals surface area (Å²) in [6.07, 6.45) is 8.94. The van der Waals surface area contributed by atoms with E-state index >= 15 is 0 Å². The largest absolute Gasteiger partial charge is 0.467 e. The molecule has 3 aromatic rings.